The summed E-state index contributed by atoms with van der Waals surface area (Å²) < 4.78 is 5.80. The van der Waals surface area contributed by atoms with Crippen molar-refractivity contribution in [1.82, 2.24) is 15.4 Å². The van der Waals surface area contributed by atoms with Crippen LogP contribution in [0.25, 0.3) is 0 Å². The van der Waals surface area contributed by atoms with Gasteiger partial charge in [0.25, 0.3) is 0 Å². The lowest BCUT2D eigenvalue weighted by atomic mass is 9.89. The van der Waals surface area contributed by atoms with Crippen LogP contribution in [-0.4, -0.2) is 22.0 Å². The van der Waals surface area contributed by atoms with Crippen molar-refractivity contribution in [2.75, 3.05) is 6.61 Å². The second kappa shape index (κ2) is 7.25. The maximum atomic E-state index is 5.80. The number of hydrogen-bond donors (Lipinski definition) is 1. The largest absolute Gasteiger partial charge is 0.493 e. The Balaban J connectivity index is 2.10. The van der Waals surface area contributed by atoms with Crippen LogP contribution in [0.15, 0.2) is 24.4 Å². The minimum absolute atomic E-state index is 0.467. The molecule has 4 nitrogen and oxygen atoms in total. The minimum atomic E-state index is 0.467. The summed E-state index contributed by atoms with van der Waals surface area (Å²) in [6.07, 6.45) is 3.80. The molecular formula is C17H25N3O. The summed E-state index contributed by atoms with van der Waals surface area (Å²) in [6.45, 7) is 9.45. The monoisotopic (exact) mass is 287 g/mol. The highest BCUT2D eigenvalue weighted by molar-refractivity contribution is 5.37. The summed E-state index contributed by atoms with van der Waals surface area (Å²) in [6, 6.07) is 6.42. The topological polar surface area (TPSA) is 50.8 Å². The number of hydrogen-bond acceptors (Lipinski definition) is 3. The maximum Gasteiger partial charge on any atom is 0.119 e. The molecule has 0 saturated carbocycles. The van der Waals surface area contributed by atoms with E-state index in [9.17, 15) is 0 Å². The fourth-order valence-electron chi connectivity index (χ4n) is 2.51. The van der Waals surface area contributed by atoms with Crippen LogP contribution in [0.3, 0.4) is 0 Å². The van der Waals surface area contributed by atoms with E-state index in [2.05, 4.69) is 61.3 Å². The molecule has 2 aromatic rings. The third-order valence-corrected chi connectivity index (χ3v) is 3.68. The van der Waals surface area contributed by atoms with Crippen molar-refractivity contribution in [2.45, 2.75) is 46.5 Å². The summed E-state index contributed by atoms with van der Waals surface area (Å²) in [5, 5.41) is 10.7. The standard InChI is InChI=1S/C17H25N3O/c1-5-14(9-15-10-18-20-19-15)17-7-6-16(8-13(17)4)21-11-12(2)3/h6-8,10,12,14H,5,9,11H2,1-4H3,(H,18,19,20). The van der Waals surface area contributed by atoms with E-state index in [1.807, 2.05) is 0 Å². The molecule has 1 aromatic heterocycles. The average Bonchev–Trinajstić information content (AvgIpc) is 2.96. The number of aromatic amines is 1. The Morgan fingerprint density at radius 2 is 2.10 bits per heavy atom. The molecule has 0 fully saturated rings. The van der Waals surface area contributed by atoms with Gasteiger partial charge in [-0.1, -0.05) is 26.8 Å². The Kier molecular flexibility index (Phi) is 5.37. The first-order valence-corrected chi connectivity index (χ1v) is 7.68. The van der Waals surface area contributed by atoms with Gasteiger partial charge in [0, 0.05) is 0 Å². The van der Waals surface area contributed by atoms with Crippen molar-refractivity contribution in [1.29, 1.82) is 0 Å². The molecule has 2 rings (SSSR count). The zero-order valence-electron chi connectivity index (χ0n) is 13.4. The number of nitrogens with one attached hydrogen (secondary N) is 1. The Labute approximate surface area is 126 Å². The van der Waals surface area contributed by atoms with Gasteiger partial charge in [0.15, 0.2) is 0 Å². The zero-order valence-corrected chi connectivity index (χ0v) is 13.4. The van der Waals surface area contributed by atoms with E-state index >= 15 is 0 Å². The van der Waals surface area contributed by atoms with E-state index in [-0.39, 0.29) is 0 Å². The summed E-state index contributed by atoms with van der Waals surface area (Å²) in [5.41, 5.74) is 3.67. The zero-order chi connectivity index (χ0) is 15.2. The lowest BCUT2D eigenvalue weighted by molar-refractivity contribution is 0.271. The van der Waals surface area contributed by atoms with Gasteiger partial charge in [0.2, 0.25) is 0 Å². The molecule has 0 aliphatic carbocycles. The predicted molar refractivity (Wildman–Crippen MR) is 84.6 cm³/mol. The fraction of sp³-hybridized carbons (Fsp3) is 0.529. The molecule has 0 saturated heterocycles. The lowest BCUT2D eigenvalue weighted by Crippen LogP contribution is -2.07. The molecule has 21 heavy (non-hydrogen) atoms. The third-order valence-electron chi connectivity index (χ3n) is 3.68. The molecule has 0 aliphatic rings. The summed E-state index contributed by atoms with van der Waals surface area (Å²) in [5.74, 6) is 1.97. The van der Waals surface area contributed by atoms with Gasteiger partial charge in [-0.15, -0.1) is 0 Å². The molecule has 0 radical (unpaired) electrons. The van der Waals surface area contributed by atoms with E-state index < -0.39 is 0 Å². The van der Waals surface area contributed by atoms with Crippen LogP contribution in [0, 0.1) is 12.8 Å². The summed E-state index contributed by atoms with van der Waals surface area (Å²) in [4.78, 5) is 0. The van der Waals surface area contributed by atoms with Crippen LogP contribution in [0.1, 0.15) is 49.9 Å². The molecule has 1 unspecified atom stereocenters. The van der Waals surface area contributed by atoms with Crippen molar-refractivity contribution < 1.29 is 4.74 Å². The molecule has 1 N–H and O–H groups in total. The van der Waals surface area contributed by atoms with E-state index in [0.717, 1.165) is 30.9 Å². The maximum absolute atomic E-state index is 5.80. The van der Waals surface area contributed by atoms with Crippen molar-refractivity contribution in [3.63, 3.8) is 0 Å². The quantitative estimate of drug-likeness (QED) is 0.840. The van der Waals surface area contributed by atoms with E-state index in [1.54, 1.807) is 6.20 Å². The van der Waals surface area contributed by atoms with Gasteiger partial charge in [0.05, 0.1) is 18.5 Å². The molecular weight excluding hydrogens is 262 g/mol. The Morgan fingerprint density at radius 1 is 1.29 bits per heavy atom. The molecule has 114 valence electrons. The Bertz CT molecular complexity index is 549. The molecule has 1 aromatic carbocycles. The average molecular weight is 287 g/mol. The van der Waals surface area contributed by atoms with E-state index in [0.29, 0.717) is 11.8 Å². The van der Waals surface area contributed by atoms with Crippen LogP contribution >= 0.6 is 0 Å². The van der Waals surface area contributed by atoms with Crippen molar-refractivity contribution in [3.8, 4) is 5.75 Å². The first-order chi connectivity index (χ1) is 10.1. The number of benzene rings is 1. The van der Waals surface area contributed by atoms with Gasteiger partial charge in [-0.3, -0.25) is 0 Å². The molecule has 1 atom stereocenters. The van der Waals surface area contributed by atoms with E-state index in [1.165, 1.54) is 11.1 Å². The van der Waals surface area contributed by atoms with Crippen LogP contribution in [0.4, 0.5) is 0 Å². The normalized spacial score (nSPS) is 12.6. The molecule has 1 heterocycles. The second-order valence-electron chi connectivity index (χ2n) is 5.99. The molecule has 0 amide bonds. The van der Waals surface area contributed by atoms with Crippen molar-refractivity contribution in [3.05, 3.63) is 41.2 Å². The highest BCUT2D eigenvalue weighted by Gasteiger charge is 2.15. The Morgan fingerprint density at radius 3 is 2.67 bits per heavy atom. The number of rotatable bonds is 7. The fourth-order valence-corrected chi connectivity index (χ4v) is 2.51. The number of nitrogens with zero attached hydrogens (tertiary/aromatic N) is 2. The lowest BCUT2D eigenvalue weighted by Gasteiger charge is -2.18. The third kappa shape index (κ3) is 4.31. The highest BCUT2D eigenvalue weighted by Crippen LogP contribution is 2.29. The van der Waals surface area contributed by atoms with Gasteiger partial charge in [0.1, 0.15) is 5.75 Å². The SMILES string of the molecule is CCC(Cc1cn[nH]n1)c1ccc(OCC(C)C)cc1C. The van der Waals surface area contributed by atoms with Gasteiger partial charge < -0.3 is 4.74 Å². The molecule has 0 aliphatic heterocycles. The number of ether oxygens (including phenoxy) is 1. The molecule has 4 heteroatoms. The van der Waals surface area contributed by atoms with Crippen LogP contribution in [0.5, 0.6) is 5.75 Å². The van der Waals surface area contributed by atoms with Gasteiger partial charge in [-0.2, -0.15) is 15.4 Å². The van der Waals surface area contributed by atoms with Gasteiger partial charge >= 0.3 is 0 Å². The molecule has 0 bridgehead atoms. The van der Waals surface area contributed by atoms with Crippen LogP contribution in [-0.2, 0) is 6.42 Å². The predicted octanol–water partition coefficient (Wildman–Crippen LogP) is 3.88. The number of aryl methyl sites for hydroxylation is 1. The number of H-pyrrole nitrogens is 1. The van der Waals surface area contributed by atoms with Gasteiger partial charge in [-0.25, -0.2) is 0 Å². The second-order valence-corrected chi connectivity index (χ2v) is 5.99. The van der Waals surface area contributed by atoms with Crippen molar-refractivity contribution >= 4 is 0 Å². The number of aromatic nitrogens is 3. The highest BCUT2D eigenvalue weighted by atomic mass is 16.5. The first kappa shape index (κ1) is 15.5. The molecule has 0 spiro atoms. The Hall–Kier alpha value is -1.84. The van der Waals surface area contributed by atoms with Crippen LogP contribution in [0.2, 0.25) is 0 Å². The summed E-state index contributed by atoms with van der Waals surface area (Å²) >= 11 is 0. The summed E-state index contributed by atoms with van der Waals surface area (Å²) in [7, 11) is 0. The minimum Gasteiger partial charge on any atom is -0.493 e. The first-order valence-electron chi connectivity index (χ1n) is 7.68. The van der Waals surface area contributed by atoms with Crippen molar-refractivity contribution in [2.24, 2.45) is 5.92 Å². The smallest absolute Gasteiger partial charge is 0.119 e. The van der Waals surface area contributed by atoms with E-state index in [4.69, 9.17) is 4.74 Å². The van der Waals surface area contributed by atoms with Crippen LogP contribution < -0.4 is 4.74 Å². The van der Waals surface area contributed by atoms with Gasteiger partial charge in [-0.05, 0) is 54.9 Å².